The summed E-state index contributed by atoms with van der Waals surface area (Å²) in [5.41, 5.74) is -0.570. The molecule has 5 nitrogen and oxygen atoms in total. The molecule has 8 atom stereocenters. The summed E-state index contributed by atoms with van der Waals surface area (Å²) in [6, 6.07) is 0. The fourth-order valence-electron chi connectivity index (χ4n) is 8.12. The summed E-state index contributed by atoms with van der Waals surface area (Å²) in [5.74, 6) is 1.44. The molecule has 176 valence electrons. The molecule has 0 aliphatic heterocycles. The zero-order chi connectivity index (χ0) is 22.4. The summed E-state index contributed by atoms with van der Waals surface area (Å²) in [6.45, 7) is 5.84. The average Bonchev–Trinajstić information content (AvgIpc) is 2.97. The van der Waals surface area contributed by atoms with Gasteiger partial charge in [0.15, 0.2) is 0 Å². The molecule has 2 unspecified atom stereocenters. The van der Waals surface area contributed by atoms with Crippen LogP contribution in [0.1, 0.15) is 71.6 Å². The highest BCUT2D eigenvalue weighted by Crippen LogP contribution is 2.69. The van der Waals surface area contributed by atoms with Gasteiger partial charge in [0.25, 0.3) is 0 Å². The lowest BCUT2D eigenvalue weighted by Crippen LogP contribution is -2.62. The van der Waals surface area contributed by atoms with Crippen molar-refractivity contribution in [3.63, 3.8) is 0 Å². The van der Waals surface area contributed by atoms with Gasteiger partial charge in [0.1, 0.15) is 6.61 Å². The lowest BCUT2D eigenvalue weighted by Gasteiger charge is -2.63. The number of carbonyl (C=O) groups excluding carboxylic acids is 1. The van der Waals surface area contributed by atoms with Crippen molar-refractivity contribution in [1.82, 2.24) is 4.90 Å². The van der Waals surface area contributed by atoms with Gasteiger partial charge < -0.3 is 19.8 Å². The molecule has 0 aromatic rings. The monoisotopic (exact) mass is 433 g/mol. The Morgan fingerprint density at radius 3 is 2.58 bits per heavy atom. The number of carbonyl (C=O) groups is 1. The van der Waals surface area contributed by atoms with E-state index in [2.05, 4.69) is 13.8 Å². The van der Waals surface area contributed by atoms with Crippen LogP contribution in [0.2, 0.25) is 0 Å². The van der Waals surface area contributed by atoms with E-state index in [4.69, 9.17) is 4.74 Å². The Morgan fingerprint density at radius 1 is 1.06 bits per heavy atom. The van der Waals surface area contributed by atoms with Gasteiger partial charge >= 0.3 is 5.97 Å². The van der Waals surface area contributed by atoms with E-state index in [1.165, 1.54) is 0 Å². The van der Waals surface area contributed by atoms with Gasteiger partial charge in [-0.3, -0.25) is 0 Å². The highest BCUT2D eigenvalue weighted by molar-refractivity contribution is 5.81. The van der Waals surface area contributed by atoms with Crippen molar-refractivity contribution in [3.8, 4) is 0 Å². The fourth-order valence-corrected chi connectivity index (χ4v) is 8.12. The molecule has 0 aromatic heterocycles. The largest absolute Gasteiger partial charge is 0.461 e. The Bertz CT molecular complexity index is 708. The Balaban J connectivity index is 1.47. The topological polar surface area (TPSA) is 70.0 Å². The normalized spacial score (nSPS) is 47.1. The summed E-state index contributed by atoms with van der Waals surface area (Å²) < 4.78 is 5.32. The lowest BCUT2D eigenvalue weighted by atomic mass is 9.43. The zero-order valence-electron chi connectivity index (χ0n) is 20.0. The maximum atomic E-state index is 12.2. The quantitative estimate of drug-likeness (QED) is 0.510. The second kappa shape index (κ2) is 8.46. The van der Waals surface area contributed by atoms with Crippen LogP contribution in [0.4, 0.5) is 0 Å². The first-order valence-electron chi connectivity index (χ1n) is 12.5. The zero-order valence-corrected chi connectivity index (χ0v) is 20.0. The molecule has 0 radical (unpaired) electrons. The molecular weight excluding hydrogens is 390 g/mol. The van der Waals surface area contributed by atoms with Gasteiger partial charge in [0.2, 0.25) is 0 Å². The van der Waals surface area contributed by atoms with E-state index in [0.29, 0.717) is 24.4 Å². The minimum atomic E-state index is -0.649. The smallest absolute Gasteiger partial charge is 0.330 e. The molecule has 0 aromatic carbocycles. The van der Waals surface area contributed by atoms with Crippen molar-refractivity contribution in [2.24, 2.45) is 34.5 Å². The number of likely N-dealkylation sites (N-methyl/N-ethyl adjacent to an activating group) is 1. The Labute approximate surface area is 188 Å². The van der Waals surface area contributed by atoms with Crippen molar-refractivity contribution in [1.29, 1.82) is 0 Å². The summed E-state index contributed by atoms with van der Waals surface area (Å²) in [7, 11) is 3.92. The van der Waals surface area contributed by atoms with Crippen LogP contribution in [0.5, 0.6) is 0 Å². The second-order valence-corrected chi connectivity index (χ2v) is 11.8. The molecule has 5 heteroatoms. The van der Waals surface area contributed by atoms with E-state index in [0.717, 1.165) is 64.3 Å². The number of hydrogen-bond donors (Lipinski definition) is 2. The van der Waals surface area contributed by atoms with Crippen molar-refractivity contribution in [2.45, 2.75) is 83.3 Å². The van der Waals surface area contributed by atoms with Crippen molar-refractivity contribution >= 4 is 5.97 Å². The predicted molar refractivity (Wildman–Crippen MR) is 121 cm³/mol. The van der Waals surface area contributed by atoms with Gasteiger partial charge in [-0.05, 0) is 101 Å². The maximum absolute atomic E-state index is 12.2. The van der Waals surface area contributed by atoms with Crippen LogP contribution in [-0.4, -0.2) is 60.0 Å². The summed E-state index contributed by atoms with van der Waals surface area (Å²) in [6.07, 6.45) is 12.6. The molecule has 2 N–H and O–H groups in total. The predicted octanol–water partition coefficient (Wildman–Crippen LogP) is 3.78. The van der Waals surface area contributed by atoms with Gasteiger partial charge in [0, 0.05) is 18.0 Å². The highest BCUT2D eigenvalue weighted by Gasteiger charge is 2.66. The minimum absolute atomic E-state index is 0.134. The van der Waals surface area contributed by atoms with Gasteiger partial charge in [-0.1, -0.05) is 19.9 Å². The number of hydrogen-bond acceptors (Lipinski definition) is 5. The molecule has 4 rings (SSSR count). The Kier molecular flexibility index (Phi) is 6.35. The molecule has 0 saturated heterocycles. The van der Waals surface area contributed by atoms with Crippen molar-refractivity contribution < 1.29 is 19.7 Å². The molecule has 4 saturated carbocycles. The number of aliphatic hydroxyl groups is 2. The third-order valence-corrected chi connectivity index (χ3v) is 10.1. The summed E-state index contributed by atoms with van der Waals surface area (Å²) in [4.78, 5) is 14.2. The fraction of sp³-hybridized carbons (Fsp3) is 0.885. The number of ether oxygens (including phenoxy) is 1. The molecule has 4 aliphatic carbocycles. The average molecular weight is 434 g/mol. The van der Waals surface area contributed by atoms with Crippen molar-refractivity contribution in [3.05, 3.63) is 12.2 Å². The Morgan fingerprint density at radius 2 is 1.84 bits per heavy atom. The Hall–Kier alpha value is -0.910. The van der Waals surface area contributed by atoms with Crippen LogP contribution in [0.25, 0.3) is 0 Å². The molecule has 0 amide bonds. The van der Waals surface area contributed by atoms with Crippen LogP contribution in [0.3, 0.4) is 0 Å². The number of rotatable bonds is 5. The van der Waals surface area contributed by atoms with Crippen LogP contribution in [0.15, 0.2) is 12.2 Å². The second-order valence-electron chi connectivity index (χ2n) is 11.8. The lowest BCUT2D eigenvalue weighted by molar-refractivity contribution is -0.207. The maximum Gasteiger partial charge on any atom is 0.330 e. The first-order chi connectivity index (χ1) is 14.6. The van der Waals surface area contributed by atoms with Gasteiger partial charge in [-0.25, -0.2) is 4.79 Å². The number of esters is 1. The van der Waals surface area contributed by atoms with Gasteiger partial charge in [-0.15, -0.1) is 0 Å². The van der Waals surface area contributed by atoms with Gasteiger partial charge in [-0.2, -0.15) is 0 Å². The first-order valence-corrected chi connectivity index (χ1v) is 12.5. The van der Waals surface area contributed by atoms with E-state index in [1.54, 1.807) is 6.08 Å². The molecule has 0 bridgehead atoms. The van der Waals surface area contributed by atoms with Gasteiger partial charge in [0.05, 0.1) is 11.7 Å². The molecule has 0 spiro atoms. The van der Waals surface area contributed by atoms with E-state index < -0.39 is 5.60 Å². The van der Waals surface area contributed by atoms with Crippen molar-refractivity contribution in [2.75, 3.05) is 27.2 Å². The molecule has 4 aliphatic rings. The minimum Gasteiger partial charge on any atom is -0.461 e. The molecule has 0 heterocycles. The SMILES string of the molecule is CN(C)CCOC(=O)/C=C/[C@@H]1CC[C@]2(O)C3CC[C@@H]4C[C@@H](O)CC[C@]4(C)C3CC[C@]12C. The highest BCUT2D eigenvalue weighted by atomic mass is 16.5. The first kappa shape index (κ1) is 23.3. The third-order valence-electron chi connectivity index (χ3n) is 10.1. The number of nitrogens with zero attached hydrogens (tertiary/aromatic N) is 1. The molecule has 4 fully saturated rings. The summed E-state index contributed by atoms with van der Waals surface area (Å²) >= 11 is 0. The summed E-state index contributed by atoms with van der Waals surface area (Å²) in [5, 5.41) is 22.4. The van der Waals surface area contributed by atoms with E-state index in [9.17, 15) is 15.0 Å². The van der Waals surface area contributed by atoms with Crippen LogP contribution in [-0.2, 0) is 9.53 Å². The molecular formula is C26H43NO4. The number of fused-ring (bicyclic) bond motifs is 5. The van der Waals surface area contributed by atoms with E-state index >= 15 is 0 Å². The van der Waals surface area contributed by atoms with E-state index in [-0.39, 0.29) is 28.8 Å². The van der Waals surface area contributed by atoms with Crippen LogP contribution >= 0.6 is 0 Å². The number of aliphatic hydroxyl groups excluding tert-OH is 1. The van der Waals surface area contributed by atoms with Crippen LogP contribution in [0, 0.1) is 34.5 Å². The number of allylic oxidation sites excluding steroid dienone is 1. The molecule has 31 heavy (non-hydrogen) atoms. The van der Waals surface area contributed by atoms with E-state index in [1.807, 2.05) is 25.1 Å². The third kappa shape index (κ3) is 3.89. The van der Waals surface area contributed by atoms with Crippen LogP contribution < -0.4 is 0 Å². The standard InChI is InChI=1S/C26H43NO4/c1-24-12-10-20(28)17-19(24)5-7-22-21(24)11-13-25(2)18(9-14-26(22,25)30)6-8-23(29)31-16-15-27(3)4/h6,8,18-22,28,30H,5,7,9-17H2,1-4H3/b8-6+/t18-,19-,20+,21?,22?,24+,25-,26+/m1/s1.